The van der Waals surface area contributed by atoms with Crippen LogP contribution >= 0.6 is 11.8 Å². The zero-order valence-corrected chi connectivity index (χ0v) is 17.1. The highest BCUT2D eigenvalue weighted by molar-refractivity contribution is 8.00. The van der Waals surface area contributed by atoms with Crippen LogP contribution in [0.25, 0.3) is 11.4 Å². The van der Waals surface area contributed by atoms with Gasteiger partial charge in [0.1, 0.15) is 5.82 Å². The smallest absolute Gasteiger partial charge is 0.233 e. The van der Waals surface area contributed by atoms with Gasteiger partial charge in [0.25, 0.3) is 0 Å². The van der Waals surface area contributed by atoms with E-state index in [4.69, 9.17) is 0 Å². The number of nitrogens with one attached hydrogen (secondary N) is 1. The molecule has 1 aromatic carbocycles. The number of nitrogens with zero attached hydrogens (tertiary/aromatic N) is 3. The van der Waals surface area contributed by atoms with Crippen molar-refractivity contribution >= 4 is 17.7 Å². The number of hydrogen-bond acceptors (Lipinski definition) is 4. The Kier molecular flexibility index (Phi) is 5.99. The second-order valence-electron chi connectivity index (χ2n) is 7.84. The van der Waals surface area contributed by atoms with Crippen LogP contribution in [0.3, 0.4) is 0 Å². The first-order valence-electron chi connectivity index (χ1n) is 10.3. The molecule has 1 heterocycles. The molecule has 0 spiro atoms. The maximum Gasteiger partial charge on any atom is 0.233 e. The van der Waals surface area contributed by atoms with Crippen molar-refractivity contribution in [3.63, 3.8) is 0 Å². The van der Waals surface area contributed by atoms with Gasteiger partial charge >= 0.3 is 0 Å². The summed E-state index contributed by atoms with van der Waals surface area (Å²) in [7, 11) is 0. The summed E-state index contributed by atoms with van der Waals surface area (Å²) in [5.74, 6) is 0.307. The SMILES string of the molecule is C[C@@H](Sc1nnc(-c2ccccc2F)n1C1CC1)C(=O)NC1CCCCCC1. The number of amides is 1. The van der Waals surface area contributed by atoms with Crippen molar-refractivity contribution in [2.75, 3.05) is 0 Å². The van der Waals surface area contributed by atoms with Crippen LogP contribution in [0.4, 0.5) is 4.39 Å². The van der Waals surface area contributed by atoms with Crippen molar-refractivity contribution in [3.8, 4) is 11.4 Å². The number of halogens is 1. The van der Waals surface area contributed by atoms with E-state index in [1.165, 1.54) is 43.5 Å². The first-order chi connectivity index (χ1) is 13.6. The van der Waals surface area contributed by atoms with Crippen LogP contribution in [0.5, 0.6) is 0 Å². The Bertz CT molecular complexity index is 828. The quantitative estimate of drug-likeness (QED) is 0.560. The molecule has 0 saturated heterocycles. The van der Waals surface area contributed by atoms with Gasteiger partial charge in [-0.25, -0.2) is 4.39 Å². The summed E-state index contributed by atoms with van der Waals surface area (Å²) in [6.45, 7) is 1.91. The monoisotopic (exact) mass is 402 g/mol. The third-order valence-electron chi connectivity index (χ3n) is 5.54. The Labute approximate surface area is 169 Å². The summed E-state index contributed by atoms with van der Waals surface area (Å²) >= 11 is 1.42. The van der Waals surface area contributed by atoms with Gasteiger partial charge < -0.3 is 5.32 Å². The molecular formula is C21H27FN4OS. The first kappa shape index (κ1) is 19.4. The summed E-state index contributed by atoms with van der Waals surface area (Å²) in [6.07, 6.45) is 9.12. The van der Waals surface area contributed by atoms with Crippen molar-refractivity contribution in [1.82, 2.24) is 20.1 Å². The molecule has 2 aliphatic carbocycles. The minimum atomic E-state index is -0.299. The van der Waals surface area contributed by atoms with Crippen molar-refractivity contribution in [3.05, 3.63) is 30.1 Å². The van der Waals surface area contributed by atoms with Crippen molar-refractivity contribution in [1.29, 1.82) is 0 Å². The number of carbonyl (C=O) groups is 1. The number of rotatable bonds is 6. The van der Waals surface area contributed by atoms with E-state index >= 15 is 0 Å². The third-order valence-corrected chi connectivity index (χ3v) is 6.60. The van der Waals surface area contributed by atoms with Gasteiger partial charge in [-0.15, -0.1) is 10.2 Å². The Morgan fingerprint density at radius 3 is 2.54 bits per heavy atom. The summed E-state index contributed by atoms with van der Waals surface area (Å²) < 4.78 is 16.3. The minimum Gasteiger partial charge on any atom is -0.352 e. The molecule has 1 N–H and O–H groups in total. The minimum absolute atomic E-state index is 0.0506. The van der Waals surface area contributed by atoms with Crippen molar-refractivity contribution < 1.29 is 9.18 Å². The van der Waals surface area contributed by atoms with E-state index < -0.39 is 0 Å². The Morgan fingerprint density at radius 1 is 1.14 bits per heavy atom. The molecule has 0 aliphatic heterocycles. The molecule has 1 aromatic heterocycles. The highest BCUT2D eigenvalue weighted by atomic mass is 32.2. The number of thioether (sulfide) groups is 1. The maximum atomic E-state index is 14.3. The lowest BCUT2D eigenvalue weighted by Gasteiger charge is -2.19. The molecule has 7 heteroatoms. The lowest BCUT2D eigenvalue weighted by molar-refractivity contribution is -0.121. The second-order valence-corrected chi connectivity index (χ2v) is 9.15. The molecule has 2 aromatic rings. The van der Waals surface area contributed by atoms with Crippen LogP contribution in [0.2, 0.25) is 0 Å². The molecule has 150 valence electrons. The van der Waals surface area contributed by atoms with Gasteiger partial charge in [0.2, 0.25) is 5.91 Å². The molecule has 0 unspecified atom stereocenters. The average Bonchev–Trinajstić information content (AvgIpc) is 3.48. The van der Waals surface area contributed by atoms with Gasteiger partial charge in [0.15, 0.2) is 11.0 Å². The molecule has 1 amide bonds. The van der Waals surface area contributed by atoms with E-state index in [1.807, 2.05) is 11.5 Å². The zero-order chi connectivity index (χ0) is 19.5. The van der Waals surface area contributed by atoms with Crippen LogP contribution < -0.4 is 5.32 Å². The fourth-order valence-electron chi connectivity index (χ4n) is 3.80. The average molecular weight is 403 g/mol. The van der Waals surface area contributed by atoms with E-state index in [-0.39, 0.29) is 23.0 Å². The van der Waals surface area contributed by atoms with E-state index in [0.717, 1.165) is 25.7 Å². The molecule has 2 saturated carbocycles. The Balaban J connectivity index is 1.48. The molecule has 2 fully saturated rings. The van der Waals surface area contributed by atoms with E-state index in [9.17, 15) is 9.18 Å². The van der Waals surface area contributed by atoms with Gasteiger partial charge in [0.05, 0.1) is 10.8 Å². The Morgan fingerprint density at radius 2 is 1.86 bits per heavy atom. The Hall–Kier alpha value is -1.89. The summed E-state index contributed by atoms with van der Waals surface area (Å²) in [5, 5.41) is 12.2. The van der Waals surface area contributed by atoms with Gasteiger partial charge in [-0.2, -0.15) is 0 Å². The topological polar surface area (TPSA) is 59.8 Å². The third kappa shape index (κ3) is 4.40. The summed E-state index contributed by atoms with van der Waals surface area (Å²) in [5.41, 5.74) is 0.462. The highest BCUT2D eigenvalue weighted by Crippen LogP contribution is 2.42. The lowest BCUT2D eigenvalue weighted by Crippen LogP contribution is -2.39. The van der Waals surface area contributed by atoms with E-state index in [1.54, 1.807) is 18.2 Å². The van der Waals surface area contributed by atoms with Gasteiger partial charge in [-0.1, -0.05) is 49.6 Å². The van der Waals surface area contributed by atoms with E-state index in [0.29, 0.717) is 22.6 Å². The maximum absolute atomic E-state index is 14.3. The molecule has 1 atom stereocenters. The standard InChI is InChI=1S/C21H27FN4OS/c1-14(20(27)23-15-8-4-2-3-5-9-15)28-21-25-24-19(26(21)16-12-13-16)17-10-6-7-11-18(17)22/h6-7,10-11,14-16H,2-5,8-9,12-13H2,1H3,(H,23,27)/t14-/m1/s1. The summed E-state index contributed by atoms with van der Waals surface area (Å²) in [4.78, 5) is 12.7. The zero-order valence-electron chi connectivity index (χ0n) is 16.2. The van der Waals surface area contributed by atoms with E-state index in [2.05, 4.69) is 15.5 Å². The number of hydrogen-bond donors (Lipinski definition) is 1. The highest BCUT2D eigenvalue weighted by Gasteiger charge is 2.32. The molecule has 2 aliphatic rings. The fourth-order valence-corrected chi connectivity index (χ4v) is 4.73. The van der Waals surface area contributed by atoms with Gasteiger partial charge in [-0.3, -0.25) is 9.36 Å². The predicted molar refractivity (Wildman–Crippen MR) is 109 cm³/mol. The van der Waals surface area contributed by atoms with Crippen molar-refractivity contribution in [2.45, 2.75) is 80.8 Å². The van der Waals surface area contributed by atoms with Crippen LogP contribution in [0, 0.1) is 5.82 Å². The van der Waals surface area contributed by atoms with Crippen LogP contribution in [0.15, 0.2) is 29.4 Å². The molecule has 5 nitrogen and oxygen atoms in total. The molecule has 0 bridgehead atoms. The second kappa shape index (κ2) is 8.64. The predicted octanol–water partition coefficient (Wildman–Crippen LogP) is 4.74. The van der Waals surface area contributed by atoms with Gasteiger partial charge in [0, 0.05) is 12.1 Å². The fraction of sp³-hybridized carbons (Fsp3) is 0.571. The van der Waals surface area contributed by atoms with Crippen LogP contribution in [-0.2, 0) is 4.79 Å². The normalized spacial score (nSPS) is 19.2. The molecule has 4 rings (SSSR count). The number of benzene rings is 1. The summed E-state index contributed by atoms with van der Waals surface area (Å²) in [6, 6.07) is 7.23. The largest absolute Gasteiger partial charge is 0.352 e. The molecular weight excluding hydrogens is 375 g/mol. The molecule has 28 heavy (non-hydrogen) atoms. The molecule has 0 radical (unpaired) electrons. The van der Waals surface area contributed by atoms with Crippen molar-refractivity contribution in [2.24, 2.45) is 0 Å². The first-order valence-corrected chi connectivity index (χ1v) is 11.2. The number of carbonyl (C=O) groups excluding carboxylic acids is 1. The van der Waals surface area contributed by atoms with Crippen LogP contribution in [0.1, 0.15) is 64.3 Å². The van der Waals surface area contributed by atoms with Crippen LogP contribution in [-0.4, -0.2) is 32.0 Å². The lowest BCUT2D eigenvalue weighted by atomic mass is 10.1. The van der Waals surface area contributed by atoms with Gasteiger partial charge in [-0.05, 0) is 44.7 Å². The number of aromatic nitrogens is 3.